The summed E-state index contributed by atoms with van der Waals surface area (Å²) in [6, 6.07) is 8.89. The SMILES string of the molecule is CCCCCNC(=O)Nc1ccc(N2CCN(C(=O)c3ccccn3)CC2)nc1. The van der Waals surface area contributed by atoms with Gasteiger partial charge in [-0.25, -0.2) is 9.78 Å². The number of piperazine rings is 1. The van der Waals surface area contributed by atoms with Crippen LogP contribution in [0.2, 0.25) is 0 Å². The fourth-order valence-electron chi connectivity index (χ4n) is 3.19. The average molecular weight is 396 g/mol. The molecular weight excluding hydrogens is 368 g/mol. The Labute approximate surface area is 171 Å². The molecule has 8 heteroatoms. The number of amides is 3. The molecule has 0 aliphatic carbocycles. The van der Waals surface area contributed by atoms with E-state index < -0.39 is 0 Å². The predicted molar refractivity (Wildman–Crippen MR) is 113 cm³/mol. The summed E-state index contributed by atoms with van der Waals surface area (Å²) in [6.07, 6.45) is 6.51. The van der Waals surface area contributed by atoms with Gasteiger partial charge in [0.25, 0.3) is 5.91 Å². The highest BCUT2D eigenvalue weighted by Crippen LogP contribution is 2.17. The minimum absolute atomic E-state index is 0.0392. The Morgan fingerprint density at radius 1 is 1.03 bits per heavy atom. The van der Waals surface area contributed by atoms with Crippen molar-refractivity contribution in [1.29, 1.82) is 0 Å². The number of hydrogen-bond donors (Lipinski definition) is 2. The second-order valence-electron chi connectivity index (χ2n) is 6.99. The van der Waals surface area contributed by atoms with Crippen molar-refractivity contribution in [2.24, 2.45) is 0 Å². The zero-order valence-corrected chi connectivity index (χ0v) is 16.8. The minimum Gasteiger partial charge on any atom is -0.353 e. The monoisotopic (exact) mass is 396 g/mol. The van der Waals surface area contributed by atoms with Crippen LogP contribution in [0.15, 0.2) is 42.7 Å². The Morgan fingerprint density at radius 2 is 1.86 bits per heavy atom. The molecule has 8 nitrogen and oxygen atoms in total. The maximum absolute atomic E-state index is 12.5. The van der Waals surface area contributed by atoms with Gasteiger partial charge in [-0.1, -0.05) is 25.8 Å². The van der Waals surface area contributed by atoms with Gasteiger partial charge in [0.05, 0.1) is 11.9 Å². The molecule has 154 valence electrons. The highest BCUT2D eigenvalue weighted by molar-refractivity contribution is 5.92. The van der Waals surface area contributed by atoms with E-state index in [2.05, 4.69) is 32.4 Å². The van der Waals surface area contributed by atoms with Gasteiger partial charge < -0.3 is 20.4 Å². The molecule has 1 aliphatic rings. The molecule has 2 aromatic heterocycles. The summed E-state index contributed by atoms with van der Waals surface area (Å²) in [6.45, 7) is 5.46. The van der Waals surface area contributed by atoms with Gasteiger partial charge in [0.1, 0.15) is 11.5 Å². The van der Waals surface area contributed by atoms with Crippen molar-refractivity contribution in [3.05, 3.63) is 48.4 Å². The lowest BCUT2D eigenvalue weighted by Gasteiger charge is -2.35. The molecule has 29 heavy (non-hydrogen) atoms. The van der Waals surface area contributed by atoms with Gasteiger partial charge in [-0.05, 0) is 30.7 Å². The number of nitrogens with one attached hydrogen (secondary N) is 2. The Morgan fingerprint density at radius 3 is 2.52 bits per heavy atom. The summed E-state index contributed by atoms with van der Waals surface area (Å²) >= 11 is 0. The number of anilines is 2. The molecular formula is C21H28N6O2. The number of unbranched alkanes of at least 4 members (excludes halogenated alkanes) is 2. The van der Waals surface area contributed by atoms with Crippen molar-refractivity contribution in [1.82, 2.24) is 20.2 Å². The quantitative estimate of drug-likeness (QED) is 0.703. The maximum Gasteiger partial charge on any atom is 0.319 e. The summed E-state index contributed by atoms with van der Waals surface area (Å²) in [7, 11) is 0. The Kier molecular flexibility index (Phi) is 7.38. The first kappa shape index (κ1) is 20.6. The summed E-state index contributed by atoms with van der Waals surface area (Å²) in [4.78, 5) is 36.9. The van der Waals surface area contributed by atoms with E-state index in [-0.39, 0.29) is 11.9 Å². The molecule has 0 atom stereocenters. The fraction of sp³-hybridized carbons (Fsp3) is 0.429. The average Bonchev–Trinajstić information content (AvgIpc) is 2.77. The van der Waals surface area contributed by atoms with E-state index in [4.69, 9.17) is 0 Å². The molecule has 3 heterocycles. The molecule has 0 bridgehead atoms. The van der Waals surface area contributed by atoms with Crippen LogP contribution < -0.4 is 15.5 Å². The molecule has 0 spiro atoms. The summed E-state index contributed by atoms with van der Waals surface area (Å²) in [5, 5.41) is 5.64. The van der Waals surface area contributed by atoms with Crippen molar-refractivity contribution in [3.8, 4) is 0 Å². The lowest BCUT2D eigenvalue weighted by atomic mass is 10.2. The van der Waals surface area contributed by atoms with Crippen LogP contribution in [0, 0.1) is 0 Å². The third-order valence-corrected chi connectivity index (χ3v) is 4.85. The number of carbonyl (C=O) groups excluding carboxylic acids is 2. The molecule has 0 saturated carbocycles. The number of nitrogens with zero attached hydrogens (tertiary/aromatic N) is 4. The lowest BCUT2D eigenvalue weighted by molar-refractivity contribution is 0.0740. The van der Waals surface area contributed by atoms with Crippen LogP contribution >= 0.6 is 0 Å². The normalized spacial score (nSPS) is 13.8. The largest absolute Gasteiger partial charge is 0.353 e. The van der Waals surface area contributed by atoms with Crippen molar-refractivity contribution < 1.29 is 9.59 Å². The van der Waals surface area contributed by atoms with Crippen molar-refractivity contribution >= 4 is 23.4 Å². The Hall–Kier alpha value is -3.16. The Bertz CT molecular complexity index is 789. The minimum atomic E-state index is -0.211. The van der Waals surface area contributed by atoms with Gasteiger partial charge in [-0.3, -0.25) is 9.78 Å². The molecule has 0 unspecified atom stereocenters. The second-order valence-corrected chi connectivity index (χ2v) is 6.99. The predicted octanol–water partition coefficient (Wildman–Crippen LogP) is 2.75. The van der Waals surface area contributed by atoms with Crippen LogP contribution in [0.25, 0.3) is 0 Å². The van der Waals surface area contributed by atoms with E-state index in [9.17, 15) is 9.59 Å². The molecule has 3 amide bonds. The van der Waals surface area contributed by atoms with Crippen LogP contribution in [0.1, 0.15) is 36.7 Å². The number of aromatic nitrogens is 2. The van der Waals surface area contributed by atoms with Crippen molar-refractivity contribution in [2.45, 2.75) is 26.2 Å². The molecule has 1 saturated heterocycles. The van der Waals surface area contributed by atoms with E-state index in [1.165, 1.54) is 0 Å². The standard InChI is InChI=1S/C21H28N6O2/c1-2-3-5-11-23-21(29)25-17-8-9-19(24-16-17)26-12-14-27(15-13-26)20(28)18-7-4-6-10-22-18/h4,6-10,16H,2-3,5,11-15H2,1H3,(H2,23,25,29). The number of urea groups is 1. The van der Waals surface area contributed by atoms with E-state index in [0.717, 1.165) is 25.1 Å². The Balaban J connectivity index is 1.46. The smallest absolute Gasteiger partial charge is 0.319 e. The van der Waals surface area contributed by atoms with Crippen LogP contribution in [-0.2, 0) is 0 Å². The zero-order valence-electron chi connectivity index (χ0n) is 16.8. The first-order valence-corrected chi connectivity index (χ1v) is 10.1. The summed E-state index contributed by atoms with van der Waals surface area (Å²) in [5.74, 6) is 0.798. The molecule has 1 fully saturated rings. The third-order valence-electron chi connectivity index (χ3n) is 4.85. The molecule has 2 N–H and O–H groups in total. The summed E-state index contributed by atoms with van der Waals surface area (Å²) < 4.78 is 0. The van der Waals surface area contributed by atoms with Crippen molar-refractivity contribution in [3.63, 3.8) is 0 Å². The molecule has 1 aliphatic heterocycles. The van der Waals surface area contributed by atoms with Crippen molar-refractivity contribution in [2.75, 3.05) is 42.9 Å². The van der Waals surface area contributed by atoms with E-state index >= 15 is 0 Å². The topological polar surface area (TPSA) is 90.5 Å². The number of pyridine rings is 2. The van der Waals surface area contributed by atoms with Crippen LogP contribution in [-0.4, -0.2) is 59.5 Å². The zero-order chi connectivity index (χ0) is 20.5. The second kappa shape index (κ2) is 10.4. The fourth-order valence-corrected chi connectivity index (χ4v) is 3.19. The van der Waals surface area contributed by atoms with E-state index in [1.54, 1.807) is 24.5 Å². The third kappa shape index (κ3) is 5.91. The van der Waals surface area contributed by atoms with Gasteiger partial charge in [0.2, 0.25) is 0 Å². The molecule has 0 radical (unpaired) electrons. The van der Waals surface area contributed by atoms with Crippen LogP contribution in [0.3, 0.4) is 0 Å². The van der Waals surface area contributed by atoms with E-state index in [1.807, 2.05) is 23.1 Å². The number of carbonyl (C=O) groups is 2. The van der Waals surface area contributed by atoms with Gasteiger partial charge in [0.15, 0.2) is 0 Å². The molecule has 3 rings (SSSR count). The van der Waals surface area contributed by atoms with E-state index in [0.29, 0.717) is 44.1 Å². The number of hydrogen-bond acceptors (Lipinski definition) is 5. The van der Waals surface area contributed by atoms with Crippen LogP contribution in [0.5, 0.6) is 0 Å². The van der Waals surface area contributed by atoms with Gasteiger partial charge in [-0.15, -0.1) is 0 Å². The molecule has 0 aromatic carbocycles. The first-order chi connectivity index (χ1) is 14.2. The van der Waals surface area contributed by atoms with Crippen LogP contribution in [0.4, 0.5) is 16.3 Å². The lowest BCUT2D eigenvalue weighted by Crippen LogP contribution is -2.49. The first-order valence-electron chi connectivity index (χ1n) is 10.1. The van der Waals surface area contributed by atoms with Gasteiger partial charge in [-0.2, -0.15) is 0 Å². The number of rotatable bonds is 7. The maximum atomic E-state index is 12.5. The highest BCUT2D eigenvalue weighted by Gasteiger charge is 2.23. The molecule has 2 aromatic rings. The van der Waals surface area contributed by atoms with Gasteiger partial charge >= 0.3 is 6.03 Å². The highest BCUT2D eigenvalue weighted by atomic mass is 16.2. The van der Waals surface area contributed by atoms with Gasteiger partial charge in [0, 0.05) is 38.9 Å². The summed E-state index contributed by atoms with van der Waals surface area (Å²) in [5.41, 5.74) is 1.13.